The molecule has 0 radical (unpaired) electrons. The number of carbonyl (C=O) groups is 2. The molecule has 1 fully saturated rings. The van der Waals surface area contributed by atoms with Gasteiger partial charge in [0.05, 0.1) is 0 Å². The fourth-order valence-corrected chi connectivity index (χ4v) is 3.16. The number of amides is 1. The highest BCUT2D eigenvalue weighted by molar-refractivity contribution is 9.10. The van der Waals surface area contributed by atoms with Crippen LogP contribution in [-0.2, 0) is 4.79 Å². The van der Waals surface area contributed by atoms with Crippen molar-refractivity contribution in [2.45, 2.75) is 25.3 Å². The van der Waals surface area contributed by atoms with Crippen LogP contribution in [0.2, 0.25) is 0 Å². The topological polar surface area (TPSA) is 73.4 Å². The zero-order valence-electron chi connectivity index (χ0n) is 11.3. The van der Waals surface area contributed by atoms with Crippen LogP contribution in [0, 0.1) is 0 Å². The Morgan fingerprint density at radius 3 is 2.86 bits per heavy atom. The SMILES string of the molecule is O=C(O)[C@H]1CCCCN1C(=O)c1cc2ccc(Br)cc2[nH]1. The van der Waals surface area contributed by atoms with Crippen LogP contribution in [0.25, 0.3) is 10.9 Å². The summed E-state index contributed by atoms with van der Waals surface area (Å²) in [4.78, 5) is 28.4. The number of hydrogen-bond acceptors (Lipinski definition) is 2. The second kappa shape index (κ2) is 5.52. The summed E-state index contributed by atoms with van der Waals surface area (Å²) in [6.45, 7) is 0.495. The Balaban J connectivity index is 1.93. The van der Waals surface area contributed by atoms with Crippen molar-refractivity contribution < 1.29 is 14.7 Å². The van der Waals surface area contributed by atoms with E-state index < -0.39 is 12.0 Å². The Hall–Kier alpha value is -1.82. The van der Waals surface area contributed by atoms with Gasteiger partial charge in [-0.25, -0.2) is 4.79 Å². The predicted molar refractivity (Wildman–Crippen MR) is 82.3 cm³/mol. The lowest BCUT2D eigenvalue weighted by atomic mass is 10.0. The van der Waals surface area contributed by atoms with Crippen LogP contribution in [0.1, 0.15) is 29.8 Å². The highest BCUT2D eigenvalue weighted by atomic mass is 79.9. The molecular formula is C15H15BrN2O3. The van der Waals surface area contributed by atoms with Crippen molar-refractivity contribution in [2.75, 3.05) is 6.54 Å². The molecule has 2 heterocycles. The van der Waals surface area contributed by atoms with E-state index in [0.717, 1.165) is 28.2 Å². The zero-order valence-corrected chi connectivity index (χ0v) is 12.9. The normalized spacial score (nSPS) is 18.9. The van der Waals surface area contributed by atoms with E-state index in [1.54, 1.807) is 6.07 Å². The summed E-state index contributed by atoms with van der Waals surface area (Å²) in [6, 6.07) is 6.78. The van der Waals surface area contributed by atoms with E-state index in [9.17, 15) is 14.7 Å². The van der Waals surface area contributed by atoms with Gasteiger partial charge in [-0.3, -0.25) is 4.79 Å². The number of piperidine rings is 1. The van der Waals surface area contributed by atoms with Crippen molar-refractivity contribution in [1.82, 2.24) is 9.88 Å². The minimum absolute atomic E-state index is 0.241. The maximum Gasteiger partial charge on any atom is 0.326 e. The third-order valence-electron chi connectivity index (χ3n) is 3.86. The maximum atomic E-state index is 12.6. The molecule has 1 saturated heterocycles. The molecule has 2 N–H and O–H groups in total. The molecule has 0 saturated carbocycles. The van der Waals surface area contributed by atoms with Gasteiger partial charge in [0.15, 0.2) is 0 Å². The Morgan fingerprint density at radius 1 is 1.29 bits per heavy atom. The lowest BCUT2D eigenvalue weighted by molar-refractivity contribution is -0.143. The quantitative estimate of drug-likeness (QED) is 0.874. The van der Waals surface area contributed by atoms with Crippen LogP contribution < -0.4 is 0 Å². The van der Waals surface area contributed by atoms with Gasteiger partial charge in [0.1, 0.15) is 11.7 Å². The van der Waals surface area contributed by atoms with Crippen LogP contribution in [0.3, 0.4) is 0 Å². The number of fused-ring (bicyclic) bond motifs is 1. The highest BCUT2D eigenvalue weighted by Gasteiger charge is 2.33. The largest absolute Gasteiger partial charge is 0.480 e. The molecule has 3 rings (SSSR count). The lowest BCUT2D eigenvalue weighted by Crippen LogP contribution is -2.48. The smallest absolute Gasteiger partial charge is 0.326 e. The second-order valence-electron chi connectivity index (χ2n) is 5.26. The first-order valence-electron chi connectivity index (χ1n) is 6.88. The molecule has 1 aromatic heterocycles. The third-order valence-corrected chi connectivity index (χ3v) is 4.36. The second-order valence-corrected chi connectivity index (χ2v) is 6.18. The first kappa shape index (κ1) is 14.1. The van der Waals surface area contributed by atoms with Crippen LogP contribution in [0.15, 0.2) is 28.7 Å². The van der Waals surface area contributed by atoms with Crippen LogP contribution >= 0.6 is 15.9 Å². The van der Waals surface area contributed by atoms with Gasteiger partial charge in [0.2, 0.25) is 0 Å². The summed E-state index contributed by atoms with van der Waals surface area (Å²) in [5.41, 5.74) is 1.30. The number of carboxylic acid groups (broad SMARTS) is 1. The minimum atomic E-state index is -0.929. The molecule has 1 atom stereocenters. The predicted octanol–water partition coefficient (Wildman–Crippen LogP) is 3.01. The van der Waals surface area contributed by atoms with E-state index in [1.165, 1.54) is 4.90 Å². The van der Waals surface area contributed by atoms with Gasteiger partial charge in [0, 0.05) is 21.9 Å². The van der Waals surface area contributed by atoms with Gasteiger partial charge in [-0.2, -0.15) is 0 Å². The molecule has 1 aliphatic heterocycles. The average Bonchev–Trinajstić information content (AvgIpc) is 2.89. The fraction of sp³-hybridized carbons (Fsp3) is 0.333. The molecule has 2 aromatic rings. The molecule has 0 spiro atoms. The van der Waals surface area contributed by atoms with Crippen LogP contribution in [-0.4, -0.2) is 39.5 Å². The monoisotopic (exact) mass is 350 g/mol. The summed E-state index contributed by atoms with van der Waals surface area (Å²) in [6.07, 6.45) is 2.22. The molecule has 0 aliphatic carbocycles. The summed E-state index contributed by atoms with van der Waals surface area (Å²) in [5, 5.41) is 10.2. The Morgan fingerprint density at radius 2 is 2.10 bits per heavy atom. The van der Waals surface area contributed by atoms with Gasteiger partial charge in [-0.05, 0) is 37.5 Å². The minimum Gasteiger partial charge on any atom is -0.480 e. The van der Waals surface area contributed by atoms with Gasteiger partial charge < -0.3 is 15.0 Å². The first-order chi connectivity index (χ1) is 10.1. The number of aromatic amines is 1. The number of nitrogens with one attached hydrogen (secondary N) is 1. The highest BCUT2D eigenvalue weighted by Crippen LogP contribution is 2.24. The van der Waals surface area contributed by atoms with E-state index in [2.05, 4.69) is 20.9 Å². The van der Waals surface area contributed by atoms with Crippen molar-refractivity contribution in [3.05, 3.63) is 34.4 Å². The Bertz CT molecular complexity index is 710. The molecule has 1 aromatic carbocycles. The van der Waals surface area contributed by atoms with E-state index in [4.69, 9.17) is 0 Å². The number of carboxylic acids is 1. The molecule has 0 bridgehead atoms. The molecular weight excluding hydrogens is 336 g/mol. The van der Waals surface area contributed by atoms with E-state index >= 15 is 0 Å². The molecule has 0 unspecified atom stereocenters. The standard InChI is InChI=1S/C15H15BrN2O3/c16-10-5-4-9-7-12(17-11(9)8-10)14(19)18-6-2-1-3-13(18)15(20)21/h4-5,7-8,13,17H,1-3,6H2,(H,20,21)/t13-/m1/s1. The number of aromatic nitrogens is 1. The number of carbonyl (C=O) groups excluding carboxylic acids is 1. The average molecular weight is 351 g/mol. The van der Waals surface area contributed by atoms with Crippen molar-refractivity contribution in [1.29, 1.82) is 0 Å². The van der Waals surface area contributed by atoms with Crippen molar-refractivity contribution in [3.63, 3.8) is 0 Å². The Labute approximate surface area is 130 Å². The van der Waals surface area contributed by atoms with Crippen molar-refractivity contribution in [3.8, 4) is 0 Å². The number of halogens is 1. The van der Waals surface area contributed by atoms with Gasteiger partial charge >= 0.3 is 5.97 Å². The number of nitrogens with zero attached hydrogens (tertiary/aromatic N) is 1. The van der Waals surface area contributed by atoms with Crippen molar-refractivity contribution >= 4 is 38.7 Å². The molecule has 1 aliphatic rings. The number of rotatable bonds is 2. The molecule has 5 nitrogen and oxygen atoms in total. The summed E-state index contributed by atoms with van der Waals surface area (Å²) in [5.74, 6) is -1.17. The summed E-state index contributed by atoms with van der Waals surface area (Å²) >= 11 is 3.39. The molecule has 1 amide bonds. The Kier molecular flexibility index (Phi) is 3.71. The first-order valence-corrected chi connectivity index (χ1v) is 7.67. The number of H-pyrrole nitrogens is 1. The van der Waals surface area contributed by atoms with Crippen LogP contribution in [0.4, 0.5) is 0 Å². The zero-order chi connectivity index (χ0) is 15.0. The van der Waals surface area contributed by atoms with Crippen LogP contribution in [0.5, 0.6) is 0 Å². The molecule has 21 heavy (non-hydrogen) atoms. The number of benzene rings is 1. The fourth-order valence-electron chi connectivity index (χ4n) is 2.80. The third kappa shape index (κ3) is 2.68. The lowest BCUT2D eigenvalue weighted by Gasteiger charge is -2.32. The van der Waals surface area contributed by atoms with Gasteiger partial charge in [-0.15, -0.1) is 0 Å². The van der Waals surface area contributed by atoms with E-state index in [0.29, 0.717) is 18.7 Å². The molecule has 110 valence electrons. The van der Waals surface area contributed by atoms with Gasteiger partial charge in [-0.1, -0.05) is 22.0 Å². The summed E-state index contributed by atoms with van der Waals surface area (Å²) in [7, 11) is 0. The van der Waals surface area contributed by atoms with Gasteiger partial charge in [0.25, 0.3) is 5.91 Å². The van der Waals surface area contributed by atoms with E-state index in [1.807, 2.05) is 18.2 Å². The number of aliphatic carboxylic acids is 1. The van der Waals surface area contributed by atoms with E-state index in [-0.39, 0.29) is 5.91 Å². The number of hydrogen-bond donors (Lipinski definition) is 2. The summed E-state index contributed by atoms with van der Waals surface area (Å²) < 4.78 is 0.928. The number of likely N-dealkylation sites (tertiary alicyclic amines) is 1. The maximum absolute atomic E-state index is 12.6. The van der Waals surface area contributed by atoms with Crippen molar-refractivity contribution in [2.24, 2.45) is 0 Å². The molecule has 6 heteroatoms.